The number of amides is 1. The topological polar surface area (TPSA) is 95.6 Å². The Morgan fingerprint density at radius 3 is 2.78 bits per heavy atom. The van der Waals surface area contributed by atoms with Crippen molar-refractivity contribution >= 4 is 5.91 Å². The lowest BCUT2D eigenvalue weighted by Crippen LogP contribution is -2.15. The van der Waals surface area contributed by atoms with Gasteiger partial charge < -0.3 is 5.73 Å². The largest absolute Gasteiger partial charge is 0.416 e. The van der Waals surface area contributed by atoms with Gasteiger partial charge in [-0.25, -0.2) is 0 Å². The van der Waals surface area contributed by atoms with Gasteiger partial charge in [-0.15, -0.1) is 0 Å². The molecular formula is C15H13F3N4O. The van der Waals surface area contributed by atoms with Crippen LogP contribution in [0.5, 0.6) is 0 Å². The molecule has 1 unspecified atom stereocenters. The Bertz CT molecular complexity index is 746. The molecule has 2 aromatic rings. The van der Waals surface area contributed by atoms with Gasteiger partial charge in [-0.3, -0.25) is 9.89 Å². The van der Waals surface area contributed by atoms with Crippen LogP contribution >= 0.6 is 0 Å². The number of nitriles is 1. The fraction of sp³-hybridized carbons (Fsp3) is 0.267. The van der Waals surface area contributed by atoms with Gasteiger partial charge in [0.1, 0.15) is 0 Å². The average molecular weight is 322 g/mol. The molecule has 0 fully saturated rings. The number of nitrogens with two attached hydrogens (primary N) is 1. The number of aromatic nitrogens is 2. The Kier molecular flexibility index (Phi) is 4.69. The van der Waals surface area contributed by atoms with E-state index in [0.29, 0.717) is 11.3 Å². The average Bonchev–Trinajstić information content (AvgIpc) is 2.96. The first-order chi connectivity index (χ1) is 10.8. The van der Waals surface area contributed by atoms with Gasteiger partial charge in [0.25, 0.3) is 5.91 Å². The number of carbonyl (C=O) groups excluding carboxylic acids is 1. The van der Waals surface area contributed by atoms with Gasteiger partial charge >= 0.3 is 6.18 Å². The molecule has 3 N–H and O–H groups in total. The number of rotatable bonds is 5. The van der Waals surface area contributed by atoms with Crippen LogP contribution in [-0.4, -0.2) is 16.1 Å². The number of carbonyl (C=O) groups is 1. The summed E-state index contributed by atoms with van der Waals surface area (Å²) in [4.78, 5) is 11.4. The maximum atomic E-state index is 12.8. The third-order valence-corrected chi connectivity index (χ3v) is 3.42. The summed E-state index contributed by atoms with van der Waals surface area (Å²) in [6.45, 7) is 0. The number of halogens is 3. The van der Waals surface area contributed by atoms with Crippen LogP contribution in [0.15, 0.2) is 30.5 Å². The van der Waals surface area contributed by atoms with Crippen LogP contribution in [0.2, 0.25) is 0 Å². The van der Waals surface area contributed by atoms with Crippen LogP contribution in [0, 0.1) is 11.3 Å². The molecule has 1 atom stereocenters. The summed E-state index contributed by atoms with van der Waals surface area (Å²) in [5, 5.41) is 15.3. The van der Waals surface area contributed by atoms with Crippen molar-refractivity contribution in [3.63, 3.8) is 0 Å². The molecule has 0 saturated carbocycles. The van der Waals surface area contributed by atoms with Crippen molar-refractivity contribution in [2.75, 3.05) is 0 Å². The molecule has 0 aliphatic heterocycles. The number of hydrogen-bond donors (Lipinski definition) is 2. The Morgan fingerprint density at radius 1 is 1.43 bits per heavy atom. The van der Waals surface area contributed by atoms with E-state index in [1.807, 2.05) is 6.07 Å². The number of nitrogens with zero attached hydrogens (tertiary/aromatic N) is 2. The van der Waals surface area contributed by atoms with Crippen LogP contribution in [0.4, 0.5) is 13.2 Å². The van der Waals surface area contributed by atoms with Gasteiger partial charge in [-0.2, -0.15) is 23.5 Å². The van der Waals surface area contributed by atoms with Crippen molar-refractivity contribution < 1.29 is 18.0 Å². The predicted octanol–water partition coefficient (Wildman–Crippen LogP) is 2.77. The molecule has 0 radical (unpaired) electrons. The fourth-order valence-electron chi connectivity index (χ4n) is 2.35. The zero-order valence-electron chi connectivity index (χ0n) is 11.9. The van der Waals surface area contributed by atoms with Gasteiger partial charge in [0.15, 0.2) is 0 Å². The molecule has 0 spiro atoms. The normalized spacial score (nSPS) is 12.6. The monoisotopic (exact) mass is 322 g/mol. The van der Waals surface area contributed by atoms with E-state index in [0.717, 1.165) is 12.1 Å². The zero-order chi connectivity index (χ0) is 17.0. The van der Waals surface area contributed by atoms with E-state index in [1.54, 1.807) is 6.07 Å². The molecule has 1 aromatic heterocycles. The third-order valence-electron chi connectivity index (χ3n) is 3.42. The lowest BCUT2D eigenvalue weighted by molar-refractivity contribution is -0.137. The molecule has 0 bridgehead atoms. The molecule has 2 rings (SSSR count). The van der Waals surface area contributed by atoms with Crippen LogP contribution in [0.1, 0.15) is 39.5 Å². The van der Waals surface area contributed by atoms with Crippen LogP contribution < -0.4 is 5.73 Å². The number of aromatic amines is 1. The van der Waals surface area contributed by atoms with Gasteiger partial charge in [0.05, 0.1) is 29.1 Å². The standard InChI is InChI=1S/C15H13F3N4O/c16-15(17,18)11-3-1-2-9(7-11)6-10(4-5-19)13-12(14(20)23)8-21-22-13/h1-3,7-8,10H,4,6H2,(H2,20,23)(H,21,22). The first kappa shape index (κ1) is 16.5. The van der Waals surface area contributed by atoms with Crippen molar-refractivity contribution in [1.82, 2.24) is 10.2 Å². The Hall–Kier alpha value is -2.82. The van der Waals surface area contributed by atoms with E-state index in [-0.39, 0.29) is 18.4 Å². The SMILES string of the molecule is N#CCC(Cc1cccc(C(F)(F)F)c1)c1[nH]ncc1C(N)=O. The van der Waals surface area contributed by atoms with Crippen molar-refractivity contribution in [3.05, 3.63) is 52.8 Å². The summed E-state index contributed by atoms with van der Waals surface area (Å²) in [6.07, 6.45) is -3.03. The Balaban J connectivity index is 2.32. The predicted molar refractivity (Wildman–Crippen MR) is 75.2 cm³/mol. The van der Waals surface area contributed by atoms with Gasteiger partial charge in [0, 0.05) is 12.3 Å². The van der Waals surface area contributed by atoms with E-state index in [1.165, 1.54) is 12.3 Å². The van der Waals surface area contributed by atoms with Crippen molar-refractivity contribution in [1.29, 1.82) is 5.26 Å². The number of primary amides is 1. The molecule has 1 aromatic carbocycles. The number of H-pyrrole nitrogens is 1. The van der Waals surface area contributed by atoms with E-state index in [4.69, 9.17) is 11.0 Å². The summed E-state index contributed by atoms with van der Waals surface area (Å²) < 4.78 is 38.3. The van der Waals surface area contributed by atoms with E-state index in [9.17, 15) is 18.0 Å². The molecule has 23 heavy (non-hydrogen) atoms. The third kappa shape index (κ3) is 3.88. The zero-order valence-corrected chi connectivity index (χ0v) is 11.9. The minimum Gasteiger partial charge on any atom is -0.365 e. The maximum absolute atomic E-state index is 12.8. The number of benzene rings is 1. The fourth-order valence-corrected chi connectivity index (χ4v) is 2.35. The molecule has 1 amide bonds. The first-order valence-corrected chi connectivity index (χ1v) is 6.69. The second kappa shape index (κ2) is 6.52. The second-order valence-electron chi connectivity index (χ2n) is 5.02. The minimum absolute atomic E-state index is 0.0126. The van der Waals surface area contributed by atoms with Crippen LogP contribution in [-0.2, 0) is 12.6 Å². The molecule has 0 saturated heterocycles. The molecule has 0 aliphatic rings. The number of hydrogen-bond acceptors (Lipinski definition) is 3. The van der Waals surface area contributed by atoms with E-state index >= 15 is 0 Å². The summed E-state index contributed by atoms with van der Waals surface area (Å²) in [7, 11) is 0. The molecule has 0 aliphatic carbocycles. The lowest BCUT2D eigenvalue weighted by atomic mass is 9.91. The highest BCUT2D eigenvalue weighted by Crippen LogP contribution is 2.31. The van der Waals surface area contributed by atoms with Gasteiger partial charge in [0.2, 0.25) is 0 Å². The quantitative estimate of drug-likeness (QED) is 0.886. The first-order valence-electron chi connectivity index (χ1n) is 6.69. The summed E-state index contributed by atoms with van der Waals surface area (Å²) >= 11 is 0. The molecule has 8 heteroatoms. The van der Waals surface area contributed by atoms with Gasteiger partial charge in [-0.1, -0.05) is 18.2 Å². The van der Waals surface area contributed by atoms with Crippen molar-refractivity contribution in [2.24, 2.45) is 5.73 Å². The highest BCUT2D eigenvalue weighted by atomic mass is 19.4. The van der Waals surface area contributed by atoms with E-state index < -0.39 is 23.6 Å². The molecular weight excluding hydrogens is 309 g/mol. The molecule has 120 valence electrons. The van der Waals surface area contributed by atoms with Crippen LogP contribution in [0.3, 0.4) is 0 Å². The van der Waals surface area contributed by atoms with Crippen molar-refractivity contribution in [2.45, 2.75) is 24.9 Å². The van der Waals surface area contributed by atoms with Gasteiger partial charge in [-0.05, 0) is 18.1 Å². The van der Waals surface area contributed by atoms with Crippen molar-refractivity contribution in [3.8, 4) is 6.07 Å². The number of nitrogens with one attached hydrogen (secondary N) is 1. The Morgan fingerprint density at radius 2 is 2.17 bits per heavy atom. The minimum atomic E-state index is -4.44. The smallest absolute Gasteiger partial charge is 0.365 e. The van der Waals surface area contributed by atoms with Crippen LogP contribution in [0.25, 0.3) is 0 Å². The summed E-state index contributed by atoms with van der Waals surface area (Å²) in [6, 6.07) is 6.83. The second-order valence-corrected chi connectivity index (χ2v) is 5.02. The lowest BCUT2D eigenvalue weighted by Gasteiger charge is -2.15. The summed E-state index contributed by atoms with van der Waals surface area (Å²) in [5.74, 6) is -1.21. The summed E-state index contributed by atoms with van der Waals surface area (Å²) in [5.41, 5.74) is 5.38. The molecule has 1 heterocycles. The number of alkyl halides is 3. The highest BCUT2D eigenvalue weighted by Gasteiger charge is 2.30. The highest BCUT2D eigenvalue weighted by molar-refractivity contribution is 5.93. The maximum Gasteiger partial charge on any atom is 0.416 e. The van der Waals surface area contributed by atoms with E-state index in [2.05, 4.69) is 10.2 Å². The molecule has 5 nitrogen and oxygen atoms in total. The Labute approximate surface area is 129 Å².